The monoisotopic (exact) mass is 418 g/mol. The summed E-state index contributed by atoms with van der Waals surface area (Å²) in [6.07, 6.45) is 0. The molecule has 0 fully saturated rings. The molecule has 3 aromatic rings. The maximum absolute atomic E-state index is 13.4. The lowest BCUT2D eigenvalue weighted by molar-refractivity contribution is -0.120. The van der Waals surface area contributed by atoms with Crippen LogP contribution in [-0.4, -0.2) is 18.4 Å². The van der Waals surface area contributed by atoms with Gasteiger partial charge in [0, 0.05) is 0 Å². The average Bonchev–Trinajstić information content (AvgIpc) is 3.00. The predicted octanol–water partition coefficient (Wildman–Crippen LogP) is 5.14. The zero-order valence-corrected chi connectivity index (χ0v) is 17.0. The summed E-state index contributed by atoms with van der Waals surface area (Å²) in [6, 6.07) is 23.2. The van der Waals surface area contributed by atoms with Crippen LogP contribution in [0.1, 0.15) is 12.5 Å². The molecule has 2 amide bonds. The Bertz CT molecular complexity index is 1140. The highest BCUT2D eigenvalue weighted by atomic mass is 35.5. The van der Waals surface area contributed by atoms with Crippen molar-refractivity contribution < 1.29 is 14.3 Å². The lowest BCUT2D eigenvalue weighted by Gasteiger charge is -2.17. The zero-order chi connectivity index (χ0) is 21.1. The minimum atomic E-state index is -0.474. The highest BCUT2D eigenvalue weighted by Gasteiger charge is 2.41. The number of hydrogen-bond donors (Lipinski definition) is 1. The van der Waals surface area contributed by atoms with Crippen LogP contribution in [0, 0.1) is 0 Å². The fraction of sp³-hybridized carbons (Fsp3) is 0.0833. The number of ether oxygens (including phenoxy) is 1. The average molecular weight is 419 g/mol. The molecule has 6 heteroatoms. The van der Waals surface area contributed by atoms with Crippen molar-refractivity contribution in [3.05, 3.63) is 95.1 Å². The Morgan fingerprint density at radius 3 is 2.27 bits per heavy atom. The Hall–Kier alpha value is -3.57. The second-order valence-electron chi connectivity index (χ2n) is 6.57. The van der Waals surface area contributed by atoms with Crippen molar-refractivity contribution >= 4 is 40.4 Å². The number of rotatable bonds is 6. The molecule has 1 N–H and O–H groups in total. The molecule has 3 aromatic carbocycles. The molecule has 0 bridgehead atoms. The highest BCUT2D eigenvalue weighted by Crippen LogP contribution is 2.37. The summed E-state index contributed by atoms with van der Waals surface area (Å²) in [5.41, 5.74) is 2.05. The molecule has 1 heterocycles. The Morgan fingerprint density at radius 2 is 1.53 bits per heavy atom. The minimum Gasteiger partial charge on any atom is -0.492 e. The maximum atomic E-state index is 13.4. The topological polar surface area (TPSA) is 58.6 Å². The number of anilines is 2. The molecule has 4 rings (SSSR count). The van der Waals surface area contributed by atoms with E-state index in [-0.39, 0.29) is 11.3 Å². The van der Waals surface area contributed by atoms with Crippen LogP contribution in [0.25, 0.3) is 5.57 Å². The third kappa shape index (κ3) is 3.55. The molecule has 0 aromatic heterocycles. The fourth-order valence-electron chi connectivity index (χ4n) is 3.36. The SMILES string of the molecule is CCOc1ccccc1NC1=C(c2ccccc2)C(=O)N(c2ccccc2Cl)C1=O. The van der Waals surface area contributed by atoms with E-state index in [0.717, 1.165) is 4.90 Å². The van der Waals surface area contributed by atoms with E-state index in [1.807, 2.05) is 43.3 Å². The van der Waals surface area contributed by atoms with Crippen molar-refractivity contribution in [1.82, 2.24) is 0 Å². The van der Waals surface area contributed by atoms with Gasteiger partial charge in [-0.25, -0.2) is 4.90 Å². The summed E-state index contributed by atoms with van der Waals surface area (Å²) in [6.45, 7) is 2.36. The summed E-state index contributed by atoms with van der Waals surface area (Å²) >= 11 is 6.30. The molecular weight excluding hydrogens is 400 g/mol. The first-order valence-electron chi connectivity index (χ1n) is 9.53. The Morgan fingerprint density at radius 1 is 0.867 bits per heavy atom. The number of nitrogens with one attached hydrogen (secondary N) is 1. The smallest absolute Gasteiger partial charge is 0.282 e. The van der Waals surface area contributed by atoms with Crippen molar-refractivity contribution in [3.63, 3.8) is 0 Å². The van der Waals surface area contributed by atoms with Crippen molar-refractivity contribution in [3.8, 4) is 5.75 Å². The number of carbonyl (C=O) groups excluding carboxylic acids is 2. The van der Waals surface area contributed by atoms with Gasteiger partial charge in [-0.15, -0.1) is 0 Å². The Labute approximate surface area is 179 Å². The number of benzene rings is 3. The van der Waals surface area contributed by atoms with E-state index < -0.39 is 11.8 Å². The van der Waals surface area contributed by atoms with Crippen LogP contribution in [0.3, 0.4) is 0 Å². The number of nitrogens with zero attached hydrogens (tertiary/aromatic N) is 1. The fourth-order valence-corrected chi connectivity index (χ4v) is 3.58. The largest absolute Gasteiger partial charge is 0.492 e. The molecule has 30 heavy (non-hydrogen) atoms. The number of hydrogen-bond acceptors (Lipinski definition) is 4. The molecule has 0 saturated carbocycles. The lowest BCUT2D eigenvalue weighted by Crippen LogP contribution is -2.32. The molecular formula is C24H19ClN2O3. The van der Waals surface area contributed by atoms with Gasteiger partial charge in [-0.2, -0.15) is 0 Å². The number of carbonyl (C=O) groups is 2. The van der Waals surface area contributed by atoms with Gasteiger partial charge in [-0.05, 0) is 36.8 Å². The first-order valence-corrected chi connectivity index (χ1v) is 9.91. The van der Waals surface area contributed by atoms with Gasteiger partial charge in [0.1, 0.15) is 11.4 Å². The van der Waals surface area contributed by atoms with Gasteiger partial charge in [0.2, 0.25) is 0 Å². The highest BCUT2D eigenvalue weighted by molar-refractivity contribution is 6.48. The van der Waals surface area contributed by atoms with Crippen LogP contribution in [0.4, 0.5) is 11.4 Å². The number of halogens is 1. The van der Waals surface area contributed by atoms with E-state index in [9.17, 15) is 9.59 Å². The standard InChI is InChI=1S/C24H19ClN2O3/c1-2-30-20-15-9-7-13-18(20)26-22-21(16-10-4-3-5-11-16)23(28)27(24(22)29)19-14-8-6-12-17(19)25/h3-15,26H,2H2,1H3. The van der Waals surface area contributed by atoms with Crippen molar-refractivity contribution in [2.24, 2.45) is 0 Å². The predicted molar refractivity (Wildman–Crippen MR) is 119 cm³/mol. The first-order chi connectivity index (χ1) is 14.6. The van der Waals surface area contributed by atoms with Gasteiger partial charge in [0.05, 0.1) is 28.6 Å². The van der Waals surface area contributed by atoms with E-state index in [1.165, 1.54) is 0 Å². The van der Waals surface area contributed by atoms with Gasteiger partial charge in [-0.3, -0.25) is 9.59 Å². The molecule has 0 radical (unpaired) electrons. The van der Waals surface area contributed by atoms with E-state index in [2.05, 4.69) is 5.32 Å². The second-order valence-corrected chi connectivity index (χ2v) is 6.97. The third-order valence-corrected chi connectivity index (χ3v) is 5.01. The molecule has 0 spiro atoms. The molecule has 5 nitrogen and oxygen atoms in total. The summed E-state index contributed by atoms with van der Waals surface area (Å²) < 4.78 is 5.66. The van der Waals surface area contributed by atoms with Gasteiger partial charge in [0.15, 0.2) is 0 Å². The van der Waals surface area contributed by atoms with E-state index >= 15 is 0 Å². The summed E-state index contributed by atoms with van der Waals surface area (Å²) in [4.78, 5) is 27.9. The summed E-state index contributed by atoms with van der Waals surface area (Å²) in [5.74, 6) is -0.315. The van der Waals surface area contributed by atoms with E-state index in [4.69, 9.17) is 16.3 Å². The van der Waals surface area contributed by atoms with Crippen molar-refractivity contribution in [1.29, 1.82) is 0 Å². The lowest BCUT2D eigenvalue weighted by atomic mass is 10.0. The third-order valence-electron chi connectivity index (χ3n) is 4.69. The van der Waals surface area contributed by atoms with Gasteiger partial charge in [0.25, 0.3) is 11.8 Å². The van der Waals surface area contributed by atoms with Gasteiger partial charge >= 0.3 is 0 Å². The molecule has 0 unspecified atom stereocenters. The molecule has 0 saturated heterocycles. The van der Waals surface area contributed by atoms with Crippen molar-refractivity contribution in [2.75, 3.05) is 16.8 Å². The van der Waals surface area contributed by atoms with E-state index in [1.54, 1.807) is 42.5 Å². The molecule has 150 valence electrons. The summed E-state index contributed by atoms with van der Waals surface area (Å²) in [7, 11) is 0. The van der Waals surface area contributed by atoms with Crippen LogP contribution >= 0.6 is 11.6 Å². The van der Waals surface area contributed by atoms with Crippen LogP contribution in [0.2, 0.25) is 5.02 Å². The van der Waals surface area contributed by atoms with E-state index in [0.29, 0.717) is 34.3 Å². The van der Waals surface area contributed by atoms with Gasteiger partial charge < -0.3 is 10.1 Å². The summed E-state index contributed by atoms with van der Waals surface area (Å²) in [5, 5.41) is 3.46. The number of amides is 2. The second kappa shape index (κ2) is 8.43. The Balaban J connectivity index is 1.84. The van der Waals surface area contributed by atoms with Crippen LogP contribution in [0.5, 0.6) is 5.75 Å². The van der Waals surface area contributed by atoms with Crippen LogP contribution in [0.15, 0.2) is 84.6 Å². The molecule has 0 aliphatic carbocycles. The van der Waals surface area contributed by atoms with Gasteiger partial charge in [-0.1, -0.05) is 66.2 Å². The molecule has 1 aliphatic heterocycles. The van der Waals surface area contributed by atoms with Crippen LogP contribution in [-0.2, 0) is 9.59 Å². The minimum absolute atomic E-state index is 0.179. The number of imide groups is 1. The zero-order valence-electron chi connectivity index (χ0n) is 16.3. The number of para-hydroxylation sites is 3. The quantitative estimate of drug-likeness (QED) is 0.563. The first kappa shape index (κ1) is 19.7. The van der Waals surface area contributed by atoms with Crippen molar-refractivity contribution in [2.45, 2.75) is 6.92 Å². The molecule has 0 atom stereocenters. The van der Waals surface area contributed by atoms with Crippen LogP contribution < -0.4 is 15.0 Å². The molecule has 1 aliphatic rings. The normalized spacial score (nSPS) is 13.7. The maximum Gasteiger partial charge on any atom is 0.282 e. The Kier molecular flexibility index (Phi) is 5.55.